The molecule has 6 nitrogen and oxygen atoms in total. The van der Waals surface area contributed by atoms with E-state index in [2.05, 4.69) is 31.1 Å². The van der Waals surface area contributed by atoms with Crippen LogP contribution in [0.3, 0.4) is 0 Å². The van der Waals surface area contributed by atoms with Crippen molar-refractivity contribution in [2.75, 3.05) is 11.9 Å². The summed E-state index contributed by atoms with van der Waals surface area (Å²) in [5.41, 5.74) is 2.34. The molecule has 2 heterocycles. The van der Waals surface area contributed by atoms with E-state index in [1.54, 1.807) is 12.1 Å². The second kappa shape index (κ2) is 6.71. The highest BCUT2D eigenvalue weighted by Gasteiger charge is 2.36. The second-order valence-corrected chi connectivity index (χ2v) is 7.29. The van der Waals surface area contributed by atoms with Crippen LogP contribution < -0.4 is 5.32 Å². The Kier molecular flexibility index (Phi) is 4.59. The van der Waals surface area contributed by atoms with Crippen molar-refractivity contribution >= 4 is 23.4 Å². The van der Waals surface area contributed by atoms with E-state index in [1.807, 2.05) is 24.3 Å². The Morgan fingerprint density at radius 3 is 2.38 bits per heavy atom. The van der Waals surface area contributed by atoms with Gasteiger partial charge in [0.05, 0.1) is 5.56 Å². The van der Waals surface area contributed by atoms with Gasteiger partial charge in [0.1, 0.15) is 5.69 Å². The van der Waals surface area contributed by atoms with Gasteiger partial charge < -0.3 is 5.32 Å². The number of nitrogens with zero attached hydrogens (tertiary/aromatic N) is 2. The van der Waals surface area contributed by atoms with Gasteiger partial charge in [-0.25, -0.2) is 0 Å². The van der Waals surface area contributed by atoms with Crippen LogP contribution in [0.15, 0.2) is 42.6 Å². The van der Waals surface area contributed by atoms with Gasteiger partial charge in [-0.15, -0.1) is 0 Å². The van der Waals surface area contributed by atoms with E-state index in [4.69, 9.17) is 0 Å². The molecule has 1 aliphatic rings. The topological polar surface area (TPSA) is 79.4 Å². The number of anilines is 1. The minimum atomic E-state index is -0.451. The fourth-order valence-corrected chi connectivity index (χ4v) is 2.81. The van der Waals surface area contributed by atoms with Crippen molar-refractivity contribution in [3.05, 3.63) is 59.4 Å². The molecule has 0 aliphatic carbocycles. The molecule has 0 atom stereocenters. The standard InChI is InChI=1S/C20H21N3O3/c1-20(2,3)13-6-8-14(9-7-13)22-16(24)10-12-23-18(25)15-5-4-11-21-17(15)19(23)26/h4-9,11H,10,12H2,1-3H3,(H,22,24). The minimum Gasteiger partial charge on any atom is -0.326 e. The van der Waals surface area contributed by atoms with Crippen molar-refractivity contribution in [1.82, 2.24) is 9.88 Å². The van der Waals surface area contributed by atoms with Crippen LogP contribution in [0, 0.1) is 0 Å². The maximum Gasteiger partial charge on any atom is 0.280 e. The number of hydrogen-bond acceptors (Lipinski definition) is 4. The largest absolute Gasteiger partial charge is 0.326 e. The van der Waals surface area contributed by atoms with Gasteiger partial charge in [0.2, 0.25) is 5.91 Å². The number of aromatic nitrogens is 1. The van der Waals surface area contributed by atoms with Gasteiger partial charge in [0.25, 0.3) is 11.8 Å². The van der Waals surface area contributed by atoms with Crippen LogP contribution in [0.25, 0.3) is 0 Å². The zero-order valence-corrected chi connectivity index (χ0v) is 15.1. The third-order valence-electron chi connectivity index (χ3n) is 4.33. The summed E-state index contributed by atoms with van der Waals surface area (Å²) in [6.45, 7) is 6.40. The number of benzene rings is 1. The lowest BCUT2D eigenvalue weighted by atomic mass is 9.87. The first-order valence-electron chi connectivity index (χ1n) is 8.49. The molecule has 0 saturated carbocycles. The Labute approximate surface area is 152 Å². The smallest absolute Gasteiger partial charge is 0.280 e. The lowest BCUT2D eigenvalue weighted by Crippen LogP contribution is -2.33. The number of carbonyl (C=O) groups excluding carboxylic acids is 3. The molecule has 2 aromatic rings. The van der Waals surface area contributed by atoms with Crippen LogP contribution in [0.1, 0.15) is 53.6 Å². The van der Waals surface area contributed by atoms with E-state index in [0.717, 1.165) is 4.90 Å². The molecule has 0 fully saturated rings. The van der Waals surface area contributed by atoms with Crippen molar-refractivity contribution in [2.24, 2.45) is 0 Å². The van der Waals surface area contributed by atoms with Gasteiger partial charge in [-0.1, -0.05) is 32.9 Å². The van der Waals surface area contributed by atoms with Gasteiger partial charge in [0, 0.05) is 24.8 Å². The molecule has 6 heteroatoms. The van der Waals surface area contributed by atoms with Gasteiger partial charge in [-0.05, 0) is 35.2 Å². The number of hydrogen-bond donors (Lipinski definition) is 1. The van der Waals surface area contributed by atoms with Crippen LogP contribution in [0.5, 0.6) is 0 Å². The summed E-state index contributed by atoms with van der Waals surface area (Å²) in [4.78, 5) is 41.6. The lowest BCUT2D eigenvalue weighted by Gasteiger charge is -2.19. The second-order valence-electron chi connectivity index (χ2n) is 7.29. The zero-order valence-electron chi connectivity index (χ0n) is 15.1. The Morgan fingerprint density at radius 1 is 1.08 bits per heavy atom. The molecule has 1 N–H and O–H groups in total. The van der Waals surface area contributed by atoms with Crippen LogP contribution >= 0.6 is 0 Å². The first kappa shape index (κ1) is 17.8. The molecule has 26 heavy (non-hydrogen) atoms. The number of rotatable bonds is 4. The summed E-state index contributed by atoms with van der Waals surface area (Å²) >= 11 is 0. The maximum atomic E-state index is 12.2. The molecule has 3 amide bonds. The molecule has 1 aromatic carbocycles. The molecule has 134 valence electrons. The number of amides is 3. The maximum absolute atomic E-state index is 12.2. The van der Waals surface area contributed by atoms with Gasteiger partial charge in [-0.2, -0.15) is 0 Å². The predicted octanol–water partition coefficient (Wildman–Crippen LogP) is 3.00. The fraction of sp³-hybridized carbons (Fsp3) is 0.300. The SMILES string of the molecule is CC(C)(C)c1ccc(NC(=O)CCN2C(=O)c3cccnc3C2=O)cc1. The molecule has 0 saturated heterocycles. The van der Waals surface area contributed by atoms with Gasteiger partial charge in [-0.3, -0.25) is 24.3 Å². The predicted molar refractivity (Wildman–Crippen MR) is 98.0 cm³/mol. The molecule has 0 bridgehead atoms. The summed E-state index contributed by atoms with van der Waals surface area (Å²) < 4.78 is 0. The van der Waals surface area contributed by atoms with Crippen LogP contribution in [-0.2, 0) is 10.2 Å². The zero-order chi connectivity index (χ0) is 18.9. The lowest BCUT2D eigenvalue weighted by molar-refractivity contribution is -0.116. The third-order valence-corrected chi connectivity index (χ3v) is 4.33. The molecular formula is C20H21N3O3. The molecule has 1 aromatic heterocycles. The van der Waals surface area contributed by atoms with E-state index in [0.29, 0.717) is 5.69 Å². The Bertz CT molecular complexity index is 832. The van der Waals surface area contributed by atoms with Crippen molar-refractivity contribution in [2.45, 2.75) is 32.6 Å². The first-order valence-corrected chi connectivity index (χ1v) is 8.49. The number of nitrogens with one attached hydrogen (secondary N) is 1. The quantitative estimate of drug-likeness (QED) is 0.859. The van der Waals surface area contributed by atoms with Crippen molar-refractivity contribution in [3.8, 4) is 0 Å². The average Bonchev–Trinajstić information content (AvgIpc) is 2.84. The van der Waals surface area contributed by atoms with Crippen molar-refractivity contribution in [1.29, 1.82) is 0 Å². The molecular weight excluding hydrogens is 330 g/mol. The molecule has 3 rings (SSSR count). The van der Waals surface area contributed by atoms with E-state index in [1.165, 1.54) is 11.8 Å². The third kappa shape index (κ3) is 3.49. The average molecular weight is 351 g/mol. The number of imide groups is 1. The Morgan fingerprint density at radius 2 is 1.77 bits per heavy atom. The molecule has 1 aliphatic heterocycles. The van der Waals surface area contributed by atoms with Crippen LogP contribution in [-0.4, -0.2) is 34.2 Å². The van der Waals surface area contributed by atoms with Crippen molar-refractivity contribution < 1.29 is 14.4 Å². The van der Waals surface area contributed by atoms with Crippen LogP contribution in [0.4, 0.5) is 5.69 Å². The van der Waals surface area contributed by atoms with E-state index in [-0.39, 0.29) is 35.5 Å². The van der Waals surface area contributed by atoms with Gasteiger partial charge in [0.15, 0.2) is 0 Å². The summed E-state index contributed by atoms with van der Waals surface area (Å²) in [7, 11) is 0. The summed E-state index contributed by atoms with van der Waals surface area (Å²) in [6.07, 6.45) is 1.51. The molecule has 0 unspecified atom stereocenters. The highest BCUT2D eigenvalue weighted by molar-refractivity contribution is 6.20. The van der Waals surface area contributed by atoms with E-state index >= 15 is 0 Å². The number of fused-ring (bicyclic) bond motifs is 1. The summed E-state index contributed by atoms with van der Waals surface area (Å²) in [6, 6.07) is 10.8. The highest BCUT2D eigenvalue weighted by Crippen LogP contribution is 2.24. The number of carbonyl (C=O) groups is 3. The van der Waals surface area contributed by atoms with E-state index in [9.17, 15) is 14.4 Å². The Hall–Kier alpha value is -3.02. The highest BCUT2D eigenvalue weighted by atomic mass is 16.2. The molecule has 0 spiro atoms. The van der Waals surface area contributed by atoms with Crippen molar-refractivity contribution in [3.63, 3.8) is 0 Å². The van der Waals surface area contributed by atoms with Gasteiger partial charge >= 0.3 is 0 Å². The summed E-state index contributed by atoms with van der Waals surface area (Å²) in [5.74, 6) is -1.11. The minimum absolute atomic E-state index is 0.0277. The number of pyridine rings is 1. The normalized spacial score (nSPS) is 13.7. The Balaban J connectivity index is 1.58. The summed E-state index contributed by atoms with van der Waals surface area (Å²) in [5, 5.41) is 2.79. The fourth-order valence-electron chi connectivity index (χ4n) is 2.81. The monoisotopic (exact) mass is 351 g/mol. The molecule has 0 radical (unpaired) electrons. The first-order chi connectivity index (χ1) is 12.3. The van der Waals surface area contributed by atoms with Crippen LogP contribution in [0.2, 0.25) is 0 Å². The van der Waals surface area contributed by atoms with E-state index < -0.39 is 11.8 Å².